The van der Waals surface area contributed by atoms with Gasteiger partial charge in [-0.1, -0.05) is 43.5 Å². The van der Waals surface area contributed by atoms with Crippen molar-refractivity contribution in [2.75, 3.05) is 13.6 Å². The summed E-state index contributed by atoms with van der Waals surface area (Å²) in [4.78, 5) is 2.21. The Hall–Kier alpha value is -0.610. The molecule has 0 aliphatic heterocycles. The molecule has 2 rings (SSSR count). The van der Waals surface area contributed by atoms with Gasteiger partial charge in [-0.05, 0) is 44.0 Å². The van der Waals surface area contributed by atoms with E-state index in [0.717, 1.165) is 42.7 Å². The molecule has 0 amide bonds. The van der Waals surface area contributed by atoms with Crippen LogP contribution in [0.3, 0.4) is 0 Å². The predicted octanol–water partition coefficient (Wildman–Crippen LogP) is 3.36. The molecule has 0 aromatic heterocycles. The molecule has 1 aliphatic carbocycles. The molecular weight excluding hydrogens is 284 g/mol. The first-order valence-electron chi connectivity index (χ1n) is 7.89. The van der Waals surface area contributed by atoms with E-state index in [1.807, 2.05) is 24.3 Å². The molecule has 0 saturated heterocycles. The Morgan fingerprint density at radius 2 is 1.86 bits per heavy atom. The van der Waals surface area contributed by atoms with Gasteiger partial charge in [-0.2, -0.15) is 0 Å². The Labute approximate surface area is 133 Å². The number of aliphatic hydroxyl groups is 1. The van der Waals surface area contributed by atoms with Crippen LogP contribution in [-0.4, -0.2) is 35.2 Å². The van der Waals surface area contributed by atoms with Crippen LogP contribution in [0.4, 0.5) is 0 Å². The van der Waals surface area contributed by atoms with E-state index in [-0.39, 0.29) is 12.1 Å². The van der Waals surface area contributed by atoms with Crippen molar-refractivity contribution in [3.63, 3.8) is 0 Å². The third-order valence-corrected chi connectivity index (χ3v) is 4.89. The first-order chi connectivity index (χ1) is 9.95. The maximum absolute atomic E-state index is 10.7. The second-order valence-electron chi connectivity index (χ2n) is 6.42. The van der Waals surface area contributed by atoms with Gasteiger partial charge in [0, 0.05) is 23.7 Å². The highest BCUT2D eigenvalue weighted by atomic mass is 35.5. The van der Waals surface area contributed by atoms with Crippen LogP contribution in [0.15, 0.2) is 24.3 Å². The largest absolute Gasteiger partial charge is 0.389 e. The first-order valence-corrected chi connectivity index (χ1v) is 8.26. The minimum absolute atomic E-state index is 0.0428. The molecule has 21 heavy (non-hydrogen) atoms. The molecule has 1 aliphatic rings. The third kappa shape index (κ3) is 4.19. The van der Waals surface area contributed by atoms with Crippen LogP contribution >= 0.6 is 11.6 Å². The molecule has 0 heterocycles. The summed E-state index contributed by atoms with van der Waals surface area (Å²) < 4.78 is 0. The van der Waals surface area contributed by atoms with Crippen LogP contribution in [0.1, 0.15) is 50.6 Å². The highest BCUT2D eigenvalue weighted by molar-refractivity contribution is 6.30. The van der Waals surface area contributed by atoms with E-state index in [0.29, 0.717) is 6.54 Å². The molecular formula is C17H27ClN2O. The summed E-state index contributed by atoms with van der Waals surface area (Å²) in [7, 11) is 2.06. The van der Waals surface area contributed by atoms with Gasteiger partial charge in [-0.15, -0.1) is 0 Å². The molecule has 3 nitrogen and oxygen atoms in total. The normalized spacial score (nSPS) is 20.7. The summed E-state index contributed by atoms with van der Waals surface area (Å²) in [6.07, 6.45) is 4.93. The topological polar surface area (TPSA) is 49.5 Å². The van der Waals surface area contributed by atoms with Crippen molar-refractivity contribution in [3.05, 3.63) is 34.9 Å². The number of hydrogen-bond donors (Lipinski definition) is 2. The van der Waals surface area contributed by atoms with Gasteiger partial charge in [0.2, 0.25) is 0 Å². The summed E-state index contributed by atoms with van der Waals surface area (Å²) in [5, 5.41) is 11.4. The monoisotopic (exact) mass is 310 g/mol. The van der Waals surface area contributed by atoms with Gasteiger partial charge in [0.25, 0.3) is 0 Å². The Kier molecular flexibility index (Phi) is 5.67. The number of benzene rings is 1. The van der Waals surface area contributed by atoms with Crippen molar-refractivity contribution >= 4 is 11.6 Å². The fraction of sp³-hybridized carbons (Fsp3) is 0.647. The van der Waals surface area contributed by atoms with E-state index in [2.05, 4.69) is 18.9 Å². The van der Waals surface area contributed by atoms with E-state index in [9.17, 15) is 5.11 Å². The molecule has 1 fully saturated rings. The molecule has 1 aromatic carbocycles. The summed E-state index contributed by atoms with van der Waals surface area (Å²) in [5.41, 5.74) is 6.97. The lowest BCUT2D eigenvalue weighted by molar-refractivity contribution is 0.00165. The Balaban J connectivity index is 2.17. The molecule has 1 saturated carbocycles. The average Bonchev–Trinajstić information content (AvgIpc) is 2.87. The summed E-state index contributed by atoms with van der Waals surface area (Å²) in [6.45, 7) is 2.78. The molecule has 118 valence electrons. The zero-order valence-electron chi connectivity index (χ0n) is 13.1. The third-order valence-electron chi connectivity index (χ3n) is 4.64. The van der Waals surface area contributed by atoms with Crippen LogP contribution < -0.4 is 5.73 Å². The van der Waals surface area contributed by atoms with Crippen LogP contribution in [0.5, 0.6) is 0 Å². The number of likely N-dealkylation sites (N-methyl/N-ethyl adjacent to an activating group) is 1. The maximum atomic E-state index is 10.7. The summed E-state index contributed by atoms with van der Waals surface area (Å²) in [5.74, 6) is 0. The van der Waals surface area contributed by atoms with E-state index in [1.54, 1.807) is 0 Å². The number of halogens is 1. The molecule has 0 spiro atoms. The highest BCUT2D eigenvalue weighted by Crippen LogP contribution is 2.33. The first kappa shape index (κ1) is 16.8. The number of hydrogen-bond acceptors (Lipinski definition) is 3. The van der Waals surface area contributed by atoms with Crippen molar-refractivity contribution in [1.82, 2.24) is 4.90 Å². The molecule has 4 heteroatoms. The van der Waals surface area contributed by atoms with Crippen LogP contribution in [0, 0.1) is 0 Å². The predicted molar refractivity (Wildman–Crippen MR) is 88.5 cm³/mol. The zero-order chi connectivity index (χ0) is 15.5. The van der Waals surface area contributed by atoms with Gasteiger partial charge >= 0.3 is 0 Å². The lowest BCUT2D eigenvalue weighted by Crippen LogP contribution is -2.46. The fourth-order valence-electron chi connectivity index (χ4n) is 3.47. The van der Waals surface area contributed by atoms with E-state index in [4.69, 9.17) is 17.3 Å². The van der Waals surface area contributed by atoms with Gasteiger partial charge in [-0.3, -0.25) is 4.90 Å². The lowest BCUT2D eigenvalue weighted by atomic mass is 9.94. The van der Waals surface area contributed by atoms with Crippen molar-refractivity contribution < 1.29 is 5.11 Å². The smallest absolute Gasteiger partial charge is 0.0774 e. The quantitative estimate of drug-likeness (QED) is 0.847. The molecule has 3 N–H and O–H groups in total. The molecule has 0 bridgehead atoms. The maximum Gasteiger partial charge on any atom is 0.0774 e. The minimum atomic E-state index is -0.549. The summed E-state index contributed by atoms with van der Waals surface area (Å²) >= 11 is 5.98. The molecule has 0 radical (unpaired) electrons. The van der Waals surface area contributed by atoms with Crippen molar-refractivity contribution in [2.24, 2.45) is 5.73 Å². The summed E-state index contributed by atoms with van der Waals surface area (Å²) in [6, 6.07) is 8.04. The Morgan fingerprint density at radius 3 is 2.38 bits per heavy atom. The van der Waals surface area contributed by atoms with Gasteiger partial charge in [0.1, 0.15) is 0 Å². The molecule has 1 aromatic rings. The SMILES string of the molecule is CCC(N)C(c1ccc(Cl)cc1)N(C)CC1(O)CCCC1. The second kappa shape index (κ2) is 7.10. The van der Waals surface area contributed by atoms with E-state index in [1.165, 1.54) is 0 Å². The van der Waals surface area contributed by atoms with Crippen molar-refractivity contribution in [2.45, 2.75) is 56.7 Å². The van der Waals surface area contributed by atoms with Gasteiger partial charge in [0.05, 0.1) is 5.60 Å². The Morgan fingerprint density at radius 1 is 1.29 bits per heavy atom. The number of rotatable bonds is 6. The van der Waals surface area contributed by atoms with Crippen LogP contribution in [0.25, 0.3) is 0 Å². The zero-order valence-corrected chi connectivity index (χ0v) is 13.8. The van der Waals surface area contributed by atoms with Gasteiger partial charge in [0.15, 0.2) is 0 Å². The minimum Gasteiger partial charge on any atom is -0.389 e. The van der Waals surface area contributed by atoms with Gasteiger partial charge in [-0.25, -0.2) is 0 Å². The lowest BCUT2D eigenvalue weighted by Gasteiger charge is -2.37. The number of nitrogens with two attached hydrogens (primary N) is 1. The van der Waals surface area contributed by atoms with E-state index >= 15 is 0 Å². The van der Waals surface area contributed by atoms with Crippen LogP contribution in [-0.2, 0) is 0 Å². The molecule has 2 atom stereocenters. The standard InChI is InChI=1S/C17H27ClN2O/c1-3-15(19)16(13-6-8-14(18)9-7-13)20(2)12-17(21)10-4-5-11-17/h6-9,15-16,21H,3-5,10-12,19H2,1-2H3. The number of nitrogens with zero attached hydrogens (tertiary/aromatic N) is 1. The van der Waals surface area contributed by atoms with Crippen molar-refractivity contribution in [3.8, 4) is 0 Å². The highest BCUT2D eigenvalue weighted by Gasteiger charge is 2.35. The van der Waals surface area contributed by atoms with Crippen LogP contribution in [0.2, 0.25) is 5.02 Å². The second-order valence-corrected chi connectivity index (χ2v) is 6.85. The van der Waals surface area contributed by atoms with Crippen molar-refractivity contribution in [1.29, 1.82) is 0 Å². The molecule has 2 unspecified atom stereocenters. The Bertz CT molecular complexity index is 443. The fourth-order valence-corrected chi connectivity index (χ4v) is 3.59. The average molecular weight is 311 g/mol. The van der Waals surface area contributed by atoms with Gasteiger partial charge < -0.3 is 10.8 Å². The van der Waals surface area contributed by atoms with E-state index < -0.39 is 5.60 Å².